The fraction of sp³-hybridized carbons (Fsp3) is 0.368. The predicted octanol–water partition coefficient (Wildman–Crippen LogP) is 12.8. The van der Waals surface area contributed by atoms with Crippen LogP contribution in [0.1, 0.15) is 60.8 Å². The molecule has 0 saturated carbocycles. The summed E-state index contributed by atoms with van der Waals surface area (Å²) in [6.45, 7) is 0.120. The van der Waals surface area contributed by atoms with Gasteiger partial charge in [-0.15, -0.1) is 9.05 Å². The number of unbranched alkanes of at least 4 members (excludes halogenated alkanes) is 2. The highest BCUT2D eigenvalue weighted by atomic mass is 35.5. The van der Waals surface area contributed by atoms with Crippen molar-refractivity contribution in [2.24, 2.45) is 11.5 Å². The summed E-state index contributed by atoms with van der Waals surface area (Å²) in [6.07, 6.45) is -3.01. The lowest BCUT2D eigenvalue weighted by atomic mass is 10.0. The van der Waals surface area contributed by atoms with Gasteiger partial charge in [-0.2, -0.15) is 26.3 Å². The summed E-state index contributed by atoms with van der Waals surface area (Å²) in [5.41, 5.74) is 12.7. The zero-order chi connectivity index (χ0) is 39.3. The van der Waals surface area contributed by atoms with Crippen LogP contribution < -0.4 is 11.5 Å². The minimum absolute atomic E-state index is 0.0602. The van der Waals surface area contributed by atoms with E-state index in [1.165, 1.54) is 35.7 Å². The number of rotatable bonds is 20. The third kappa shape index (κ3) is 15.3. The molecule has 0 fully saturated rings. The summed E-state index contributed by atoms with van der Waals surface area (Å²) in [7, 11) is -2.38. The molecule has 292 valence electrons. The van der Waals surface area contributed by atoms with Crippen molar-refractivity contribution in [3.8, 4) is 0 Å². The van der Waals surface area contributed by atoms with Gasteiger partial charge in [-0.25, -0.2) is 0 Å². The van der Waals surface area contributed by atoms with Gasteiger partial charge in [-0.1, -0.05) is 83.8 Å². The Labute approximate surface area is 330 Å². The van der Waals surface area contributed by atoms with Gasteiger partial charge < -0.3 is 11.5 Å². The lowest BCUT2D eigenvalue weighted by Crippen LogP contribution is -2.26. The molecule has 54 heavy (non-hydrogen) atoms. The van der Waals surface area contributed by atoms with E-state index >= 15 is 0 Å². The Kier molecular flexibility index (Phi) is 17.5. The molecule has 0 bridgehead atoms. The second-order valence-corrected chi connectivity index (χ2v) is 16.7. The van der Waals surface area contributed by atoms with Gasteiger partial charge in [0.2, 0.25) is 0 Å². The maximum Gasteiger partial charge on any atom is 0.697 e. The highest BCUT2D eigenvalue weighted by molar-refractivity contribution is 7.99. The fourth-order valence-electron chi connectivity index (χ4n) is 5.29. The van der Waals surface area contributed by atoms with Crippen LogP contribution >= 0.6 is 55.0 Å². The van der Waals surface area contributed by atoms with Gasteiger partial charge in [-0.3, -0.25) is 0 Å². The first-order valence-corrected chi connectivity index (χ1v) is 20.6. The van der Waals surface area contributed by atoms with Crippen LogP contribution in [0.3, 0.4) is 0 Å². The Morgan fingerprint density at radius 2 is 0.981 bits per heavy atom. The van der Waals surface area contributed by atoms with Crippen LogP contribution in [0.4, 0.5) is 26.3 Å². The average Bonchev–Trinajstić information content (AvgIpc) is 3.11. The van der Waals surface area contributed by atoms with Crippen LogP contribution in [0, 0.1) is 0 Å². The third-order valence-corrected chi connectivity index (χ3v) is 11.6. The molecule has 2 atom stereocenters. The number of halogens is 8. The molecule has 0 amide bonds. The van der Waals surface area contributed by atoms with Crippen LogP contribution in [-0.2, 0) is 38.8 Å². The molecule has 0 saturated heterocycles. The summed E-state index contributed by atoms with van der Waals surface area (Å²) < 4.78 is 101. The molecule has 0 spiro atoms. The van der Waals surface area contributed by atoms with E-state index in [0.29, 0.717) is 45.5 Å². The van der Waals surface area contributed by atoms with E-state index in [0.717, 1.165) is 70.9 Å². The summed E-state index contributed by atoms with van der Waals surface area (Å²) in [6, 6.07) is 20.5. The summed E-state index contributed by atoms with van der Waals surface area (Å²) >= 11 is 15.3. The predicted molar refractivity (Wildman–Crippen MR) is 205 cm³/mol. The summed E-state index contributed by atoms with van der Waals surface area (Å²) in [4.78, 5) is 2.42. The van der Waals surface area contributed by atoms with Crippen LogP contribution in [0.15, 0.2) is 105 Å². The fourth-order valence-corrected chi connectivity index (χ4v) is 8.51. The lowest BCUT2D eigenvalue weighted by molar-refractivity contribution is -0.138. The van der Waals surface area contributed by atoms with Crippen LogP contribution in [0.2, 0.25) is 10.0 Å². The monoisotopic (exact) mass is 851 g/mol. The first kappa shape index (κ1) is 44.4. The molecule has 4 aromatic rings. The van der Waals surface area contributed by atoms with Gasteiger partial charge in [0.05, 0.1) is 11.1 Å². The molecule has 0 aromatic heterocycles. The molecule has 5 nitrogen and oxygen atoms in total. The Balaban J connectivity index is 1.05. The highest BCUT2D eigenvalue weighted by Gasteiger charge is 2.31. The molecule has 16 heteroatoms. The molecule has 4 rings (SSSR count). The largest absolute Gasteiger partial charge is 0.697 e. The molecule has 0 aliphatic rings. The SMILES string of the molecule is N[C@@H](CCCCc1ccc(Sc2cccc(C(F)(F)F)c2)cc1Cl)CO[P+](=O)OC[C@@H](N)CCCCc1ccc(Sc2cccc(C(F)(F)F)c2)cc1Cl. The first-order chi connectivity index (χ1) is 25.6. The van der Waals surface area contributed by atoms with Crippen molar-refractivity contribution in [2.75, 3.05) is 13.2 Å². The van der Waals surface area contributed by atoms with Crippen molar-refractivity contribution in [1.29, 1.82) is 0 Å². The first-order valence-electron chi connectivity index (χ1n) is 17.1. The van der Waals surface area contributed by atoms with Crippen molar-refractivity contribution in [1.82, 2.24) is 0 Å². The van der Waals surface area contributed by atoms with Gasteiger partial charge in [0.1, 0.15) is 13.2 Å². The van der Waals surface area contributed by atoms with Crippen LogP contribution in [-0.4, -0.2) is 25.3 Å². The quantitative estimate of drug-likeness (QED) is 0.0520. The average molecular weight is 853 g/mol. The van der Waals surface area contributed by atoms with E-state index in [1.807, 2.05) is 24.3 Å². The molecular formula is C38H40Cl2F6N2O3PS2+. The number of hydrogen-bond acceptors (Lipinski definition) is 7. The summed E-state index contributed by atoms with van der Waals surface area (Å²) in [5.74, 6) is 0. The molecule has 0 aliphatic heterocycles. The van der Waals surface area contributed by atoms with Gasteiger partial charge >= 0.3 is 20.6 Å². The zero-order valence-corrected chi connectivity index (χ0v) is 33.0. The smallest absolute Gasteiger partial charge is 0.326 e. The second kappa shape index (κ2) is 21.3. The Bertz CT molecular complexity index is 1710. The number of alkyl halides is 6. The van der Waals surface area contributed by atoms with E-state index in [4.69, 9.17) is 43.7 Å². The zero-order valence-electron chi connectivity index (χ0n) is 29.0. The van der Waals surface area contributed by atoms with E-state index in [9.17, 15) is 30.9 Å². The standard InChI is InChI=1S/C38H40Cl2F6N2O3PS2/c39-35-21-33(53-31-13-5-9-27(19-31)37(41,42)43)17-15-25(35)7-1-3-11-29(47)23-50-52(49)51-24-30(48)12-4-2-8-26-16-18-34(22-36(26)40)54-32-14-6-10-28(20-32)38(44,45)46/h5-6,9-10,13-22,29-30H,1-4,7-8,11-12,23-24,47-48H2/q+1/t29-,30-/m0/s1. The van der Waals surface area contributed by atoms with Gasteiger partial charge in [0.15, 0.2) is 0 Å². The topological polar surface area (TPSA) is 87.6 Å². The number of nitrogens with two attached hydrogens (primary N) is 2. The maximum absolute atomic E-state index is 13.0. The van der Waals surface area contributed by atoms with Crippen molar-refractivity contribution in [3.63, 3.8) is 0 Å². The molecule has 0 unspecified atom stereocenters. The minimum atomic E-state index is -4.40. The van der Waals surface area contributed by atoms with E-state index < -0.39 is 31.7 Å². The second-order valence-electron chi connectivity index (χ2n) is 12.6. The molecular weight excluding hydrogens is 812 g/mol. The molecule has 0 heterocycles. The Hall–Kier alpha value is -2.32. The van der Waals surface area contributed by atoms with E-state index in [-0.39, 0.29) is 25.3 Å². The van der Waals surface area contributed by atoms with Crippen molar-refractivity contribution < 1.29 is 40.0 Å². The number of aryl methyl sites for hydroxylation is 2. The van der Waals surface area contributed by atoms with Gasteiger partial charge in [-0.05, 0) is 110 Å². The number of hydrogen-bond donors (Lipinski definition) is 2. The molecule has 4 N–H and O–H groups in total. The number of benzene rings is 4. The molecule has 0 radical (unpaired) electrons. The van der Waals surface area contributed by atoms with Gasteiger partial charge in [0.25, 0.3) is 0 Å². The van der Waals surface area contributed by atoms with Gasteiger partial charge in [0, 0.05) is 46.3 Å². The minimum Gasteiger partial charge on any atom is -0.326 e. The van der Waals surface area contributed by atoms with E-state index in [2.05, 4.69) is 0 Å². The van der Waals surface area contributed by atoms with Crippen molar-refractivity contribution in [3.05, 3.63) is 117 Å². The van der Waals surface area contributed by atoms with Crippen molar-refractivity contribution >= 4 is 55.0 Å². The van der Waals surface area contributed by atoms with Crippen LogP contribution in [0.5, 0.6) is 0 Å². The van der Waals surface area contributed by atoms with E-state index in [1.54, 1.807) is 24.3 Å². The van der Waals surface area contributed by atoms with Crippen molar-refractivity contribution in [2.45, 2.75) is 95.4 Å². The highest BCUT2D eigenvalue weighted by Crippen LogP contribution is 2.37. The lowest BCUT2D eigenvalue weighted by Gasteiger charge is -2.11. The summed E-state index contributed by atoms with van der Waals surface area (Å²) in [5, 5.41) is 1.08. The third-order valence-electron chi connectivity index (χ3n) is 8.17. The Morgan fingerprint density at radius 3 is 1.35 bits per heavy atom. The Morgan fingerprint density at radius 1 is 0.593 bits per heavy atom. The normalized spacial score (nSPS) is 13.2. The maximum atomic E-state index is 13.0. The van der Waals surface area contributed by atoms with Crippen LogP contribution in [0.25, 0.3) is 0 Å². The molecule has 4 aromatic carbocycles. The molecule has 0 aliphatic carbocycles.